The molecule has 1 unspecified atom stereocenters. The molecule has 0 radical (unpaired) electrons. The number of hydrogen-bond donors (Lipinski definition) is 0. The van der Waals surface area contributed by atoms with E-state index in [0.717, 1.165) is 0 Å². The summed E-state index contributed by atoms with van der Waals surface area (Å²) in [6.45, 7) is 6.84. The van der Waals surface area contributed by atoms with Gasteiger partial charge in [0, 0.05) is 18.6 Å². The summed E-state index contributed by atoms with van der Waals surface area (Å²) in [5, 5.41) is 0. The first kappa shape index (κ1) is 12.4. The van der Waals surface area contributed by atoms with Crippen LogP contribution >= 0.6 is 0 Å². The lowest BCUT2D eigenvalue weighted by atomic mass is 9.78. The van der Waals surface area contributed by atoms with Gasteiger partial charge in [-0.2, -0.15) is 0 Å². The molecule has 0 bridgehead atoms. The van der Waals surface area contributed by atoms with E-state index < -0.39 is 0 Å². The van der Waals surface area contributed by atoms with E-state index in [9.17, 15) is 0 Å². The van der Waals surface area contributed by atoms with Crippen LogP contribution in [0.4, 0.5) is 5.69 Å². The molecule has 1 heterocycles. The van der Waals surface area contributed by atoms with Crippen molar-refractivity contribution in [3.8, 4) is 0 Å². The molecular formula is C13H18BrN. The van der Waals surface area contributed by atoms with Gasteiger partial charge in [0.25, 0.3) is 0 Å². The maximum absolute atomic E-state index is 2.34. The lowest BCUT2D eigenvalue weighted by molar-refractivity contribution is -0.403. The Labute approximate surface area is 103 Å². The number of hydrogen-bond acceptors (Lipinski definition) is 0. The van der Waals surface area contributed by atoms with E-state index in [1.807, 2.05) is 0 Å². The number of para-hydroxylation sites is 1. The van der Waals surface area contributed by atoms with Crippen molar-refractivity contribution in [3.63, 3.8) is 0 Å². The van der Waals surface area contributed by atoms with E-state index >= 15 is 0 Å². The molecule has 1 aliphatic rings. The van der Waals surface area contributed by atoms with Crippen molar-refractivity contribution < 1.29 is 21.6 Å². The summed E-state index contributed by atoms with van der Waals surface area (Å²) in [6.07, 6.45) is 1.17. The smallest absolute Gasteiger partial charge is 0.209 e. The molecule has 1 aliphatic heterocycles. The van der Waals surface area contributed by atoms with E-state index in [1.165, 1.54) is 23.4 Å². The largest absolute Gasteiger partial charge is 1.00 e. The van der Waals surface area contributed by atoms with Crippen molar-refractivity contribution in [1.29, 1.82) is 0 Å². The van der Waals surface area contributed by atoms with Crippen molar-refractivity contribution in [3.05, 3.63) is 29.8 Å². The molecule has 0 saturated heterocycles. The van der Waals surface area contributed by atoms with E-state index in [4.69, 9.17) is 0 Å². The Balaban J connectivity index is 0.00000112. The first-order valence-electron chi connectivity index (χ1n) is 5.28. The minimum atomic E-state index is 0. The van der Waals surface area contributed by atoms with Crippen LogP contribution in [0.15, 0.2) is 24.3 Å². The molecule has 1 aromatic carbocycles. The summed E-state index contributed by atoms with van der Waals surface area (Å²) in [7, 11) is 2.16. The van der Waals surface area contributed by atoms with Crippen LogP contribution in [-0.2, 0) is 5.41 Å². The van der Waals surface area contributed by atoms with E-state index in [1.54, 1.807) is 0 Å². The molecule has 2 rings (SSSR count). The third kappa shape index (κ3) is 1.55. The Morgan fingerprint density at radius 2 is 1.87 bits per heavy atom. The van der Waals surface area contributed by atoms with Crippen LogP contribution in [0.2, 0.25) is 0 Å². The Morgan fingerprint density at radius 1 is 1.27 bits per heavy atom. The monoisotopic (exact) mass is 267 g/mol. The van der Waals surface area contributed by atoms with Crippen molar-refractivity contribution in [2.75, 3.05) is 7.05 Å². The molecule has 15 heavy (non-hydrogen) atoms. The average molecular weight is 268 g/mol. The molecule has 82 valence electrons. The van der Waals surface area contributed by atoms with Gasteiger partial charge in [-0.05, 0) is 13.3 Å². The molecule has 1 nitrogen and oxygen atoms in total. The predicted molar refractivity (Wildman–Crippen MR) is 60.6 cm³/mol. The van der Waals surface area contributed by atoms with Gasteiger partial charge in [0.05, 0.1) is 5.41 Å². The van der Waals surface area contributed by atoms with Crippen LogP contribution in [0.1, 0.15) is 32.8 Å². The van der Waals surface area contributed by atoms with Gasteiger partial charge in [-0.1, -0.05) is 25.1 Å². The van der Waals surface area contributed by atoms with E-state index in [0.29, 0.717) is 0 Å². The minimum absolute atomic E-state index is 0. The van der Waals surface area contributed by atoms with Gasteiger partial charge in [0.1, 0.15) is 7.05 Å². The summed E-state index contributed by atoms with van der Waals surface area (Å²) < 4.78 is 2.32. The third-order valence-corrected chi connectivity index (χ3v) is 3.87. The van der Waals surface area contributed by atoms with Gasteiger partial charge in [0.15, 0.2) is 5.71 Å². The quantitative estimate of drug-likeness (QED) is 0.636. The second-order valence-corrected chi connectivity index (χ2v) is 4.35. The molecule has 0 N–H and O–H groups in total. The van der Waals surface area contributed by atoms with Crippen molar-refractivity contribution >= 4 is 11.4 Å². The van der Waals surface area contributed by atoms with Crippen molar-refractivity contribution in [2.24, 2.45) is 0 Å². The van der Waals surface area contributed by atoms with Crippen LogP contribution in [0.25, 0.3) is 0 Å². The summed E-state index contributed by atoms with van der Waals surface area (Å²) in [4.78, 5) is 0. The van der Waals surface area contributed by atoms with Gasteiger partial charge in [-0.3, -0.25) is 0 Å². The summed E-state index contributed by atoms with van der Waals surface area (Å²) in [6, 6.07) is 8.72. The maximum Gasteiger partial charge on any atom is 0.209 e. The fourth-order valence-corrected chi connectivity index (χ4v) is 2.42. The highest BCUT2D eigenvalue weighted by atomic mass is 79.9. The molecule has 0 saturated carbocycles. The average Bonchev–Trinajstić information content (AvgIpc) is 2.43. The lowest BCUT2D eigenvalue weighted by Crippen LogP contribution is -3.00. The first-order valence-corrected chi connectivity index (χ1v) is 5.28. The fourth-order valence-electron chi connectivity index (χ4n) is 2.42. The van der Waals surface area contributed by atoms with Crippen molar-refractivity contribution in [2.45, 2.75) is 32.6 Å². The number of nitrogens with zero attached hydrogens (tertiary/aromatic N) is 1. The third-order valence-electron chi connectivity index (χ3n) is 3.87. The van der Waals surface area contributed by atoms with Crippen LogP contribution in [0.5, 0.6) is 0 Å². The Kier molecular flexibility index (Phi) is 3.39. The highest BCUT2D eigenvalue weighted by molar-refractivity contribution is 5.93. The second-order valence-electron chi connectivity index (χ2n) is 4.35. The fraction of sp³-hybridized carbons (Fsp3) is 0.462. The molecule has 0 aliphatic carbocycles. The second kappa shape index (κ2) is 4.09. The Bertz CT molecular complexity index is 409. The minimum Gasteiger partial charge on any atom is -1.00 e. The molecule has 0 amide bonds. The molecule has 0 aromatic heterocycles. The number of rotatable bonds is 1. The predicted octanol–water partition coefficient (Wildman–Crippen LogP) is 0.107. The zero-order valence-corrected chi connectivity index (χ0v) is 11.4. The highest BCUT2D eigenvalue weighted by Crippen LogP contribution is 2.40. The summed E-state index contributed by atoms with van der Waals surface area (Å²) in [5.41, 5.74) is 4.55. The zero-order valence-electron chi connectivity index (χ0n) is 9.84. The highest BCUT2D eigenvalue weighted by Gasteiger charge is 2.43. The number of halogens is 1. The Hall–Kier alpha value is -0.630. The Morgan fingerprint density at radius 3 is 2.47 bits per heavy atom. The van der Waals surface area contributed by atoms with Gasteiger partial charge in [-0.25, -0.2) is 4.58 Å². The SMILES string of the molecule is CCC1(C)C(C)=[N+](C)c2ccccc21.[Br-]. The molecule has 0 spiro atoms. The molecule has 1 atom stereocenters. The van der Waals surface area contributed by atoms with Crippen LogP contribution in [0, 0.1) is 0 Å². The molecule has 0 fully saturated rings. The zero-order chi connectivity index (χ0) is 10.3. The molecule has 2 heteroatoms. The lowest BCUT2D eigenvalue weighted by Gasteiger charge is -2.19. The van der Waals surface area contributed by atoms with Crippen LogP contribution in [0.3, 0.4) is 0 Å². The normalized spacial score (nSPS) is 23.7. The standard InChI is InChI=1S/C13H18N.BrH/c1-5-13(3)10(2)14(4)12-9-7-6-8-11(12)13;/h6-9H,5H2,1-4H3;1H/q+1;/p-1. The van der Waals surface area contributed by atoms with Crippen LogP contribution in [-0.4, -0.2) is 17.3 Å². The van der Waals surface area contributed by atoms with Gasteiger partial charge >= 0.3 is 0 Å². The topological polar surface area (TPSA) is 3.01 Å². The molecule has 1 aromatic rings. The summed E-state index contributed by atoms with van der Waals surface area (Å²) in [5.74, 6) is 0. The van der Waals surface area contributed by atoms with Crippen LogP contribution < -0.4 is 17.0 Å². The maximum atomic E-state index is 2.34. The molecular weight excluding hydrogens is 250 g/mol. The van der Waals surface area contributed by atoms with Gasteiger partial charge in [-0.15, -0.1) is 0 Å². The summed E-state index contributed by atoms with van der Waals surface area (Å²) >= 11 is 0. The first-order chi connectivity index (χ1) is 6.61. The van der Waals surface area contributed by atoms with Gasteiger partial charge < -0.3 is 17.0 Å². The van der Waals surface area contributed by atoms with E-state index in [2.05, 4.69) is 56.7 Å². The van der Waals surface area contributed by atoms with Gasteiger partial charge in [0.2, 0.25) is 5.69 Å². The number of benzene rings is 1. The van der Waals surface area contributed by atoms with E-state index in [-0.39, 0.29) is 22.4 Å². The van der Waals surface area contributed by atoms with Crippen molar-refractivity contribution in [1.82, 2.24) is 0 Å². The number of fused-ring (bicyclic) bond motifs is 1.